The maximum Gasteiger partial charge on any atom is 0.228 e. The molecule has 0 aromatic heterocycles. The first kappa shape index (κ1) is 13.8. The molecule has 3 N–H and O–H groups in total. The topological polar surface area (TPSA) is 61.4 Å². The number of hydrogen-bond donors (Lipinski definition) is 3. The highest BCUT2D eigenvalue weighted by Gasteiger charge is 2.20. The van der Waals surface area contributed by atoms with E-state index >= 15 is 0 Å². The molecule has 0 bridgehead atoms. The fourth-order valence-corrected chi connectivity index (χ4v) is 2.74. The second kappa shape index (κ2) is 5.30. The van der Waals surface area contributed by atoms with Crippen molar-refractivity contribution in [2.75, 3.05) is 10.6 Å². The van der Waals surface area contributed by atoms with Gasteiger partial charge in [-0.05, 0) is 30.7 Å². The maximum absolute atomic E-state index is 11.4. The lowest BCUT2D eigenvalue weighted by Crippen LogP contribution is -2.07. The van der Waals surface area contributed by atoms with Gasteiger partial charge in [0.25, 0.3) is 0 Å². The van der Waals surface area contributed by atoms with Gasteiger partial charge < -0.3 is 15.7 Å². The van der Waals surface area contributed by atoms with Crippen LogP contribution in [0.5, 0.6) is 5.75 Å². The first-order chi connectivity index (χ1) is 10.0. The lowest BCUT2D eigenvalue weighted by molar-refractivity contribution is -0.115. The van der Waals surface area contributed by atoms with E-state index in [1.807, 2.05) is 25.1 Å². The van der Waals surface area contributed by atoms with Crippen molar-refractivity contribution in [3.05, 3.63) is 52.5 Å². The fraction of sp³-hybridized carbons (Fsp3) is 0.188. The Hall–Kier alpha value is -2.20. The van der Waals surface area contributed by atoms with E-state index in [0.29, 0.717) is 11.4 Å². The molecule has 0 radical (unpaired) electrons. The molecule has 1 aliphatic heterocycles. The summed E-state index contributed by atoms with van der Waals surface area (Å²) in [5.41, 5.74) is 3.24. The number of hydrogen-bond acceptors (Lipinski definition) is 3. The standard InChI is InChI=1S/C16H15ClN2O2/c1-9(11-4-2-3-5-15(11)20)18-14-6-10-7-16(21)19-13(10)8-12(14)17/h2-6,8-9,18,20H,7H2,1H3,(H,19,21). The molecule has 0 saturated heterocycles. The van der Waals surface area contributed by atoms with Crippen molar-refractivity contribution in [1.82, 2.24) is 0 Å². The van der Waals surface area contributed by atoms with Crippen LogP contribution >= 0.6 is 11.6 Å². The van der Waals surface area contributed by atoms with Crippen molar-refractivity contribution < 1.29 is 9.90 Å². The third-order valence-electron chi connectivity index (χ3n) is 3.59. The van der Waals surface area contributed by atoms with Crippen molar-refractivity contribution >= 4 is 28.9 Å². The molecule has 2 aromatic carbocycles. The molecule has 1 unspecified atom stereocenters. The summed E-state index contributed by atoms with van der Waals surface area (Å²) in [6.07, 6.45) is 0.367. The molecular formula is C16H15ClN2O2. The normalized spacial score (nSPS) is 14.5. The second-order valence-corrected chi connectivity index (χ2v) is 5.55. The number of phenols is 1. The van der Waals surface area contributed by atoms with Gasteiger partial charge in [-0.3, -0.25) is 4.79 Å². The Balaban J connectivity index is 1.87. The Morgan fingerprint density at radius 1 is 1.33 bits per heavy atom. The molecular weight excluding hydrogens is 288 g/mol. The minimum atomic E-state index is -0.105. The number of aromatic hydroxyl groups is 1. The van der Waals surface area contributed by atoms with Crippen LogP contribution in [0.15, 0.2) is 36.4 Å². The predicted octanol–water partition coefficient (Wildman–Crippen LogP) is 3.71. The van der Waals surface area contributed by atoms with Crippen LogP contribution < -0.4 is 10.6 Å². The van der Waals surface area contributed by atoms with Gasteiger partial charge in [-0.2, -0.15) is 0 Å². The highest BCUT2D eigenvalue weighted by Crippen LogP contribution is 2.35. The SMILES string of the molecule is CC(Nc1cc2c(cc1Cl)NC(=O)C2)c1ccccc1O. The number of rotatable bonds is 3. The summed E-state index contributed by atoms with van der Waals surface area (Å²) >= 11 is 6.25. The maximum atomic E-state index is 11.4. The summed E-state index contributed by atoms with van der Waals surface area (Å²) < 4.78 is 0. The molecule has 2 aromatic rings. The minimum Gasteiger partial charge on any atom is -0.508 e. The molecule has 21 heavy (non-hydrogen) atoms. The van der Waals surface area contributed by atoms with Crippen LogP contribution in [0.3, 0.4) is 0 Å². The Morgan fingerprint density at radius 2 is 2.10 bits per heavy atom. The number of para-hydroxylation sites is 1. The highest BCUT2D eigenvalue weighted by molar-refractivity contribution is 6.33. The van der Waals surface area contributed by atoms with Crippen molar-refractivity contribution in [1.29, 1.82) is 0 Å². The number of carbonyl (C=O) groups excluding carboxylic acids is 1. The number of carbonyl (C=O) groups is 1. The Labute approximate surface area is 127 Å². The zero-order valence-corrected chi connectivity index (χ0v) is 12.2. The molecule has 1 aliphatic rings. The van der Waals surface area contributed by atoms with Crippen molar-refractivity contribution in [2.45, 2.75) is 19.4 Å². The Morgan fingerprint density at radius 3 is 2.86 bits per heavy atom. The molecule has 0 saturated carbocycles. The van der Waals surface area contributed by atoms with Crippen molar-refractivity contribution in [3.63, 3.8) is 0 Å². The van der Waals surface area contributed by atoms with E-state index in [0.717, 1.165) is 22.5 Å². The van der Waals surface area contributed by atoms with E-state index in [-0.39, 0.29) is 17.7 Å². The molecule has 5 heteroatoms. The zero-order valence-electron chi connectivity index (χ0n) is 11.5. The van der Waals surface area contributed by atoms with Gasteiger partial charge in [0.15, 0.2) is 0 Å². The molecule has 4 nitrogen and oxygen atoms in total. The predicted molar refractivity (Wildman–Crippen MR) is 83.9 cm³/mol. The van der Waals surface area contributed by atoms with Gasteiger partial charge >= 0.3 is 0 Å². The average molecular weight is 303 g/mol. The molecule has 0 spiro atoms. The summed E-state index contributed by atoms with van der Waals surface area (Å²) in [5, 5.41) is 16.5. The zero-order chi connectivity index (χ0) is 15.0. The van der Waals surface area contributed by atoms with E-state index in [4.69, 9.17) is 11.6 Å². The number of fused-ring (bicyclic) bond motifs is 1. The molecule has 1 amide bonds. The van der Waals surface area contributed by atoms with Gasteiger partial charge in [0.1, 0.15) is 5.75 Å². The van der Waals surface area contributed by atoms with Crippen LogP contribution in [0.25, 0.3) is 0 Å². The minimum absolute atomic E-state index is 0.0213. The van der Waals surface area contributed by atoms with Gasteiger partial charge in [-0.15, -0.1) is 0 Å². The summed E-state index contributed by atoms with van der Waals surface area (Å²) in [6.45, 7) is 1.95. The van der Waals surface area contributed by atoms with Gasteiger partial charge in [0, 0.05) is 11.3 Å². The molecule has 3 rings (SSSR count). The quantitative estimate of drug-likeness (QED) is 0.810. The third-order valence-corrected chi connectivity index (χ3v) is 3.91. The van der Waals surface area contributed by atoms with Crippen LogP contribution in [0.4, 0.5) is 11.4 Å². The summed E-state index contributed by atoms with van der Waals surface area (Å²) in [7, 11) is 0. The van der Waals surface area contributed by atoms with Gasteiger partial charge in [-0.1, -0.05) is 29.8 Å². The van der Waals surface area contributed by atoms with Crippen molar-refractivity contribution in [2.24, 2.45) is 0 Å². The van der Waals surface area contributed by atoms with Gasteiger partial charge in [0.2, 0.25) is 5.91 Å². The number of halogens is 1. The Kier molecular flexibility index (Phi) is 3.47. The molecule has 0 fully saturated rings. The summed E-state index contributed by atoms with van der Waals surface area (Å²) in [5.74, 6) is 0.221. The van der Waals surface area contributed by atoms with E-state index in [1.54, 1.807) is 18.2 Å². The lowest BCUT2D eigenvalue weighted by atomic mass is 10.1. The van der Waals surface area contributed by atoms with Crippen molar-refractivity contribution in [3.8, 4) is 5.75 Å². The first-order valence-corrected chi connectivity index (χ1v) is 7.09. The fourth-order valence-electron chi connectivity index (χ4n) is 2.52. The number of nitrogens with one attached hydrogen (secondary N) is 2. The van der Waals surface area contributed by atoms with E-state index in [1.165, 1.54) is 0 Å². The monoisotopic (exact) mass is 302 g/mol. The summed E-state index contributed by atoms with van der Waals surface area (Å²) in [4.78, 5) is 11.4. The van der Waals surface area contributed by atoms with Crippen LogP contribution in [-0.4, -0.2) is 11.0 Å². The highest BCUT2D eigenvalue weighted by atomic mass is 35.5. The van der Waals surface area contributed by atoms with Gasteiger partial charge in [-0.25, -0.2) is 0 Å². The van der Waals surface area contributed by atoms with Crippen LogP contribution in [0.2, 0.25) is 5.02 Å². The Bertz CT molecular complexity index is 715. The number of amides is 1. The molecule has 1 atom stereocenters. The van der Waals surface area contributed by atoms with Crippen LogP contribution in [0, 0.1) is 0 Å². The average Bonchev–Trinajstić information content (AvgIpc) is 2.78. The molecule has 1 heterocycles. The van der Waals surface area contributed by atoms with Gasteiger partial charge in [0.05, 0.1) is 23.2 Å². The number of phenolic OH excluding ortho intramolecular Hbond substituents is 1. The van der Waals surface area contributed by atoms with E-state index < -0.39 is 0 Å². The van der Waals surface area contributed by atoms with Crippen LogP contribution in [-0.2, 0) is 11.2 Å². The molecule has 108 valence electrons. The van der Waals surface area contributed by atoms with Crippen LogP contribution in [0.1, 0.15) is 24.1 Å². The lowest BCUT2D eigenvalue weighted by Gasteiger charge is -2.18. The second-order valence-electron chi connectivity index (χ2n) is 5.14. The van der Waals surface area contributed by atoms with E-state index in [9.17, 15) is 9.90 Å². The number of anilines is 2. The third kappa shape index (κ3) is 2.67. The largest absolute Gasteiger partial charge is 0.508 e. The summed E-state index contributed by atoms with van der Waals surface area (Å²) in [6, 6.07) is 10.7. The molecule has 0 aliphatic carbocycles. The smallest absolute Gasteiger partial charge is 0.228 e. The first-order valence-electron chi connectivity index (χ1n) is 6.71. The number of benzene rings is 2. The van der Waals surface area contributed by atoms with E-state index in [2.05, 4.69) is 10.6 Å².